The van der Waals surface area contributed by atoms with Crippen molar-refractivity contribution < 1.29 is 18.3 Å². The quantitative estimate of drug-likeness (QED) is 0.559. The van der Waals surface area contributed by atoms with Crippen LogP contribution in [0.2, 0.25) is 0 Å². The molecule has 0 spiro atoms. The summed E-state index contributed by atoms with van der Waals surface area (Å²) in [5.74, 6) is -2.49. The summed E-state index contributed by atoms with van der Waals surface area (Å²) < 4.78 is 36.0. The molecule has 1 aliphatic heterocycles. The maximum absolute atomic E-state index is 14.1. The fourth-order valence-corrected chi connectivity index (χ4v) is 3.65. The van der Waals surface area contributed by atoms with E-state index in [9.17, 15) is 13.6 Å². The highest BCUT2D eigenvalue weighted by molar-refractivity contribution is 9.10. The number of carbonyl (C=O) groups is 1. The van der Waals surface area contributed by atoms with Gasteiger partial charge in [0, 0.05) is 22.0 Å². The lowest BCUT2D eigenvalue weighted by Crippen LogP contribution is -2.18. The molecule has 26 heavy (non-hydrogen) atoms. The van der Waals surface area contributed by atoms with Gasteiger partial charge in [-0.15, -0.1) is 0 Å². The molecule has 2 aromatic carbocycles. The summed E-state index contributed by atoms with van der Waals surface area (Å²) in [4.78, 5) is 12.6. The van der Waals surface area contributed by atoms with Gasteiger partial charge < -0.3 is 4.74 Å². The van der Waals surface area contributed by atoms with Crippen LogP contribution in [0.4, 0.5) is 8.78 Å². The number of ether oxygens (including phenoxy) is 1. The van der Waals surface area contributed by atoms with E-state index in [-0.39, 0.29) is 16.3 Å². The molecule has 4 nitrogen and oxygen atoms in total. The molecule has 0 saturated carbocycles. The van der Waals surface area contributed by atoms with E-state index < -0.39 is 23.0 Å². The predicted molar refractivity (Wildman–Crippen MR) is 96.1 cm³/mol. The number of carbonyl (C=O) groups excluding carboxylic acids is 1. The van der Waals surface area contributed by atoms with E-state index in [1.165, 1.54) is 0 Å². The molecule has 0 amide bonds. The predicted octanol–water partition coefficient (Wildman–Crippen LogP) is 5.01. The van der Waals surface area contributed by atoms with Crippen molar-refractivity contribution in [1.82, 2.24) is 9.78 Å². The van der Waals surface area contributed by atoms with E-state index in [0.29, 0.717) is 6.61 Å². The number of benzene rings is 2. The molecule has 4 rings (SSSR count). The third-order valence-corrected chi connectivity index (χ3v) is 4.98. The van der Waals surface area contributed by atoms with Gasteiger partial charge in [0.2, 0.25) is 0 Å². The molecular weight excluding hydrogens is 406 g/mol. The smallest absolute Gasteiger partial charge is 0.198 e. The molecule has 0 radical (unpaired) electrons. The minimum Gasteiger partial charge on any atom is -0.356 e. The second kappa shape index (κ2) is 6.89. The number of halogens is 3. The third-order valence-electron chi connectivity index (χ3n) is 4.52. The van der Waals surface area contributed by atoms with Gasteiger partial charge in [0.1, 0.15) is 11.6 Å². The summed E-state index contributed by atoms with van der Waals surface area (Å²) in [6.07, 6.45) is 4.51. The number of aromatic nitrogens is 2. The summed E-state index contributed by atoms with van der Waals surface area (Å²) in [7, 11) is 0. The van der Waals surface area contributed by atoms with Gasteiger partial charge in [0.05, 0.1) is 17.3 Å². The maximum Gasteiger partial charge on any atom is 0.198 e. The number of hydrogen-bond donors (Lipinski definition) is 0. The maximum atomic E-state index is 14.1. The van der Waals surface area contributed by atoms with Crippen LogP contribution >= 0.6 is 15.9 Å². The molecule has 1 saturated heterocycles. The van der Waals surface area contributed by atoms with E-state index in [1.807, 2.05) is 0 Å². The van der Waals surface area contributed by atoms with Gasteiger partial charge in [0.25, 0.3) is 0 Å². The van der Waals surface area contributed by atoms with Gasteiger partial charge in [-0.25, -0.2) is 13.5 Å². The highest BCUT2D eigenvalue weighted by Crippen LogP contribution is 2.28. The van der Waals surface area contributed by atoms with E-state index >= 15 is 0 Å². The first kappa shape index (κ1) is 17.3. The Labute approximate surface area is 156 Å². The van der Waals surface area contributed by atoms with Crippen molar-refractivity contribution in [2.75, 3.05) is 6.61 Å². The molecule has 1 atom stereocenters. The van der Waals surface area contributed by atoms with Gasteiger partial charge in [0.15, 0.2) is 12.0 Å². The highest BCUT2D eigenvalue weighted by Gasteiger charge is 2.22. The number of ketones is 1. The van der Waals surface area contributed by atoms with Crippen LogP contribution in [-0.4, -0.2) is 22.2 Å². The Morgan fingerprint density at radius 2 is 1.96 bits per heavy atom. The van der Waals surface area contributed by atoms with Crippen LogP contribution in [0, 0.1) is 11.6 Å². The van der Waals surface area contributed by atoms with Crippen LogP contribution in [0.1, 0.15) is 41.4 Å². The number of fused-ring (bicyclic) bond motifs is 1. The van der Waals surface area contributed by atoms with E-state index in [0.717, 1.165) is 42.3 Å². The van der Waals surface area contributed by atoms with Crippen molar-refractivity contribution >= 4 is 32.6 Å². The highest BCUT2D eigenvalue weighted by atomic mass is 79.9. The minimum absolute atomic E-state index is 0.121. The van der Waals surface area contributed by atoms with E-state index in [1.54, 1.807) is 29.1 Å². The average Bonchev–Trinajstić information content (AvgIpc) is 3.04. The van der Waals surface area contributed by atoms with Gasteiger partial charge in [-0.1, -0.05) is 15.9 Å². The average molecular weight is 421 g/mol. The first-order valence-corrected chi connectivity index (χ1v) is 9.12. The first-order valence-electron chi connectivity index (χ1n) is 8.33. The van der Waals surface area contributed by atoms with Gasteiger partial charge in [-0.3, -0.25) is 4.79 Å². The van der Waals surface area contributed by atoms with Crippen molar-refractivity contribution in [2.45, 2.75) is 25.5 Å². The lowest BCUT2D eigenvalue weighted by atomic mass is 10.0. The van der Waals surface area contributed by atoms with Gasteiger partial charge >= 0.3 is 0 Å². The Balaban J connectivity index is 1.71. The summed E-state index contributed by atoms with van der Waals surface area (Å²) >= 11 is 3.01. The molecule has 1 aromatic heterocycles. The third kappa shape index (κ3) is 3.05. The Morgan fingerprint density at radius 3 is 2.65 bits per heavy atom. The zero-order valence-corrected chi connectivity index (χ0v) is 15.3. The zero-order chi connectivity index (χ0) is 18.3. The van der Waals surface area contributed by atoms with Gasteiger partial charge in [-0.2, -0.15) is 5.10 Å². The summed E-state index contributed by atoms with van der Waals surface area (Å²) in [6.45, 7) is 0.699. The second-order valence-corrected chi connectivity index (χ2v) is 7.17. The standard InChI is InChI=1S/C19H15BrF2N2O2/c20-13-8-14(21)18(15(22)9-13)19(25)11-4-5-16-12(7-11)10-23-24(16)17-3-1-2-6-26-17/h4-5,7-10,17H,1-3,6H2. The second-order valence-electron chi connectivity index (χ2n) is 6.26. The van der Waals surface area contributed by atoms with Crippen molar-refractivity contribution in [3.63, 3.8) is 0 Å². The topological polar surface area (TPSA) is 44.1 Å². The van der Waals surface area contributed by atoms with Crippen LogP contribution in [0.5, 0.6) is 0 Å². The number of nitrogens with zero attached hydrogens (tertiary/aromatic N) is 2. The van der Waals surface area contributed by atoms with E-state index in [4.69, 9.17) is 4.74 Å². The van der Waals surface area contributed by atoms with Crippen LogP contribution in [-0.2, 0) is 4.74 Å². The van der Waals surface area contributed by atoms with Crippen molar-refractivity contribution in [1.29, 1.82) is 0 Å². The van der Waals surface area contributed by atoms with Gasteiger partial charge in [-0.05, 0) is 49.6 Å². The Bertz CT molecular complexity index is 973. The largest absolute Gasteiger partial charge is 0.356 e. The van der Waals surface area contributed by atoms with Crippen LogP contribution < -0.4 is 0 Å². The normalized spacial score (nSPS) is 17.6. The van der Waals surface area contributed by atoms with Crippen LogP contribution in [0.3, 0.4) is 0 Å². The molecule has 1 unspecified atom stereocenters. The lowest BCUT2D eigenvalue weighted by Gasteiger charge is -2.23. The Morgan fingerprint density at radius 1 is 1.19 bits per heavy atom. The zero-order valence-electron chi connectivity index (χ0n) is 13.7. The Kier molecular flexibility index (Phi) is 4.58. The van der Waals surface area contributed by atoms with Crippen molar-refractivity contribution in [3.8, 4) is 0 Å². The molecule has 7 heteroatoms. The summed E-state index contributed by atoms with van der Waals surface area (Å²) in [5, 5.41) is 5.09. The molecule has 0 N–H and O–H groups in total. The van der Waals surface area contributed by atoms with Crippen molar-refractivity contribution in [3.05, 3.63) is 63.8 Å². The minimum atomic E-state index is -0.895. The molecule has 1 fully saturated rings. The molecule has 1 aliphatic rings. The molecule has 134 valence electrons. The molecule has 0 bridgehead atoms. The molecule has 3 aromatic rings. The number of hydrogen-bond acceptors (Lipinski definition) is 3. The fourth-order valence-electron chi connectivity index (χ4n) is 3.24. The first-order chi connectivity index (χ1) is 12.5. The molecular formula is C19H15BrF2N2O2. The fraction of sp³-hybridized carbons (Fsp3) is 0.263. The summed E-state index contributed by atoms with van der Waals surface area (Å²) in [6, 6.07) is 7.06. The SMILES string of the molecule is O=C(c1ccc2c(cnn2C2CCCCO2)c1)c1c(F)cc(Br)cc1F. The number of rotatable bonds is 3. The lowest BCUT2D eigenvalue weighted by molar-refractivity contribution is -0.0366. The molecule has 0 aliphatic carbocycles. The van der Waals surface area contributed by atoms with Crippen LogP contribution in [0.15, 0.2) is 41.0 Å². The monoisotopic (exact) mass is 420 g/mol. The summed E-state index contributed by atoms with van der Waals surface area (Å²) in [5.41, 5.74) is 0.475. The Hall–Kier alpha value is -2.12. The van der Waals surface area contributed by atoms with Crippen molar-refractivity contribution in [2.24, 2.45) is 0 Å². The van der Waals surface area contributed by atoms with E-state index in [2.05, 4.69) is 21.0 Å². The van der Waals surface area contributed by atoms with Crippen LogP contribution in [0.25, 0.3) is 10.9 Å². The molecule has 2 heterocycles.